The second-order valence-corrected chi connectivity index (χ2v) is 7.89. The van der Waals surface area contributed by atoms with Crippen molar-refractivity contribution in [2.24, 2.45) is 0 Å². The van der Waals surface area contributed by atoms with Crippen LogP contribution in [0.25, 0.3) is 0 Å². The highest BCUT2D eigenvalue weighted by atomic mass is 16.5. The van der Waals surface area contributed by atoms with Gasteiger partial charge in [-0.2, -0.15) is 0 Å². The SMILES string of the molecule is CCNC(=O)N1CCN(CC2=C(C(=O)OCC)C(c3ccc(OC)cc3)NC(=O)N2C)CC1. The third-order valence-corrected chi connectivity index (χ3v) is 5.88. The van der Waals surface area contributed by atoms with Crippen molar-refractivity contribution in [2.45, 2.75) is 19.9 Å². The Morgan fingerprint density at radius 3 is 2.36 bits per heavy atom. The van der Waals surface area contributed by atoms with Crippen LogP contribution in [-0.4, -0.2) is 92.8 Å². The molecule has 180 valence electrons. The minimum absolute atomic E-state index is 0.0719. The number of benzene rings is 1. The third kappa shape index (κ3) is 5.57. The number of methoxy groups -OCH3 is 1. The monoisotopic (exact) mass is 459 g/mol. The predicted molar refractivity (Wildman–Crippen MR) is 123 cm³/mol. The highest BCUT2D eigenvalue weighted by Gasteiger charge is 2.37. The van der Waals surface area contributed by atoms with Crippen LogP contribution >= 0.6 is 0 Å². The van der Waals surface area contributed by atoms with Crippen molar-refractivity contribution in [3.05, 3.63) is 41.1 Å². The lowest BCUT2D eigenvalue weighted by molar-refractivity contribution is -0.139. The molecule has 1 aromatic rings. The number of urea groups is 2. The molecule has 0 aromatic heterocycles. The summed E-state index contributed by atoms with van der Waals surface area (Å²) < 4.78 is 10.6. The molecule has 1 saturated heterocycles. The summed E-state index contributed by atoms with van der Waals surface area (Å²) in [6.45, 7) is 7.28. The average molecular weight is 460 g/mol. The number of piperazine rings is 1. The smallest absolute Gasteiger partial charge is 0.338 e. The van der Waals surface area contributed by atoms with E-state index in [2.05, 4.69) is 15.5 Å². The molecule has 2 heterocycles. The molecule has 3 rings (SSSR count). The molecule has 2 aliphatic heterocycles. The van der Waals surface area contributed by atoms with Crippen LogP contribution < -0.4 is 15.4 Å². The quantitative estimate of drug-likeness (QED) is 0.600. The molecule has 0 spiro atoms. The first-order chi connectivity index (χ1) is 15.9. The molecule has 10 heteroatoms. The van der Waals surface area contributed by atoms with E-state index in [-0.39, 0.29) is 18.7 Å². The van der Waals surface area contributed by atoms with Crippen molar-refractivity contribution in [2.75, 3.05) is 60.0 Å². The van der Waals surface area contributed by atoms with Gasteiger partial charge in [-0.25, -0.2) is 14.4 Å². The summed E-state index contributed by atoms with van der Waals surface area (Å²) in [6.07, 6.45) is 0. The van der Waals surface area contributed by atoms with Crippen molar-refractivity contribution in [3.63, 3.8) is 0 Å². The van der Waals surface area contributed by atoms with Crippen LogP contribution in [0.3, 0.4) is 0 Å². The molecule has 0 bridgehead atoms. The summed E-state index contributed by atoms with van der Waals surface area (Å²) in [7, 11) is 3.24. The number of hydrogen-bond acceptors (Lipinski definition) is 6. The molecule has 0 aliphatic carbocycles. The summed E-state index contributed by atoms with van der Waals surface area (Å²) in [4.78, 5) is 43.4. The first-order valence-electron chi connectivity index (χ1n) is 11.2. The molecule has 1 atom stereocenters. The van der Waals surface area contributed by atoms with E-state index in [0.29, 0.717) is 56.3 Å². The number of likely N-dealkylation sites (N-methyl/N-ethyl adjacent to an activating group) is 1. The van der Waals surface area contributed by atoms with Gasteiger partial charge in [0.2, 0.25) is 0 Å². The molecule has 2 N–H and O–H groups in total. The van der Waals surface area contributed by atoms with Crippen molar-refractivity contribution < 1.29 is 23.9 Å². The van der Waals surface area contributed by atoms with E-state index < -0.39 is 12.0 Å². The van der Waals surface area contributed by atoms with Crippen LogP contribution in [0.1, 0.15) is 25.5 Å². The maximum Gasteiger partial charge on any atom is 0.338 e. The summed E-state index contributed by atoms with van der Waals surface area (Å²) in [5.74, 6) is 0.228. The lowest BCUT2D eigenvalue weighted by Gasteiger charge is -2.39. The highest BCUT2D eigenvalue weighted by molar-refractivity contribution is 5.95. The van der Waals surface area contributed by atoms with Crippen molar-refractivity contribution in [1.82, 2.24) is 25.3 Å². The Balaban J connectivity index is 1.89. The zero-order valence-electron chi connectivity index (χ0n) is 19.7. The standard InChI is InChI=1S/C23H33N5O5/c1-5-24-22(30)28-13-11-27(12-14-28)15-18-19(21(29)33-6-2)20(25-23(31)26(18)3)16-7-9-17(32-4)10-8-16/h7-10,20H,5-6,11-15H2,1-4H3,(H,24,30)(H,25,31). The maximum absolute atomic E-state index is 13.1. The molecular weight excluding hydrogens is 426 g/mol. The Morgan fingerprint density at radius 1 is 1.12 bits per heavy atom. The van der Waals surface area contributed by atoms with Crippen molar-refractivity contribution >= 4 is 18.0 Å². The first-order valence-corrected chi connectivity index (χ1v) is 11.2. The van der Waals surface area contributed by atoms with E-state index in [4.69, 9.17) is 9.47 Å². The fourth-order valence-corrected chi connectivity index (χ4v) is 4.03. The van der Waals surface area contributed by atoms with E-state index in [1.807, 2.05) is 19.1 Å². The highest BCUT2D eigenvalue weighted by Crippen LogP contribution is 2.32. The number of amides is 4. The number of rotatable bonds is 7. The fourth-order valence-electron chi connectivity index (χ4n) is 4.03. The second kappa shape index (κ2) is 11.0. The van der Waals surface area contributed by atoms with Gasteiger partial charge in [0.1, 0.15) is 5.75 Å². The van der Waals surface area contributed by atoms with Crippen LogP contribution in [0.2, 0.25) is 0 Å². The van der Waals surface area contributed by atoms with E-state index >= 15 is 0 Å². The molecule has 10 nitrogen and oxygen atoms in total. The summed E-state index contributed by atoms with van der Waals surface area (Å²) in [6, 6.07) is 6.25. The van der Waals surface area contributed by atoms with Gasteiger partial charge in [0.25, 0.3) is 0 Å². The maximum atomic E-state index is 13.1. The van der Waals surface area contributed by atoms with Gasteiger partial charge in [-0.05, 0) is 31.5 Å². The van der Waals surface area contributed by atoms with Crippen LogP contribution in [-0.2, 0) is 9.53 Å². The number of carbonyl (C=O) groups is 3. The Morgan fingerprint density at radius 2 is 1.79 bits per heavy atom. The Labute approximate surface area is 194 Å². The molecular formula is C23H33N5O5. The topological polar surface area (TPSA) is 103 Å². The van der Waals surface area contributed by atoms with Gasteiger partial charge >= 0.3 is 18.0 Å². The zero-order chi connectivity index (χ0) is 24.0. The summed E-state index contributed by atoms with van der Waals surface area (Å²) in [5.41, 5.74) is 1.78. The van der Waals surface area contributed by atoms with Crippen LogP contribution in [0.4, 0.5) is 9.59 Å². The fraction of sp³-hybridized carbons (Fsp3) is 0.522. The lowest BCUT2D eigenvalue weighted by Crippen LogP contribution is -2.54. The van der Waals surface area contributed by atoms with Gasteiger partial charge in [-0.3, -0.25) is 9.80 Å². The first kappa shape index (κ1) is 24.4. The van der Waals surface area contributed by atoms with E-state index in [9.17, 15) is 14.4 Å². The number of hydrogen-bond donors (Lipinski definition) is 2. The van der Waals surface area contributed by atoms with Crippen molar-refractivity contribution in [1.29, 1.82) is 0 Å². The molecule has 1 aromatic carbocycles. The number of nitrogens with zero attached hydrogens (tertiary/aromatic N) is 3. The zero-order valence-corrected chi connectivity index (χ0v) is 19.7. The van der Waals surface area contributed by atoms with Crippen LogP contribution in [0, 0.1) is 0 Å². The van der Waals surface area contributed by atoms with Gasteiger partial charge in [0.15, 0.2) is 0 Å². The number of carbonyl (C=O) groups excluding carboxylic acids is 3. The average Bonchev–Trinajstić information content (AvgIpc) is 2.82. The Hall–Kier alpha value is -3.27. The largest absolute Gasteiger partial charge is 0.497 e. The van der Waals surface area contributed by atoms with E-state index in [0.717, 1.165) is 5.56 Å². The molecule has 0 radical (unpaired) electrons. The van der Waals surface area contributed by atoms with Gasteiger partial charge in [-0.15, -0.1) is 0 Å². The number of ether oxygens (including phenoxy) is 2. The van der Waals surface area contributed by atoms with Gasteiger partial charge in [0, 0.05) is 52.0 Å². The Bertz CT molecular complexity index is 893. The Kier molecular flexibility index (Phi) is 8.16. The molecule has 2 aliphatic rings. The summed E-state index contributed by atoms with van der Waals surface area (Å²) >= 11 is 0. The van der Waals surface area contributed by atoms with Gasteiger partial charge in [0.05, 0.1) is 25.3 Å². The van der Waals surface area contributed by atoms with Gasteiger partial charge in [-0.1, -0.05) is 12.1 Å². The third-order valence-electron chi connectivity index (χ3n) is 5.88. The minimum atomic E-state index is -0.634. The van der Waals surface area contributed by atoms with E-state index in [1.165, 1.54) is 4.90 Å². The van der Waals surface area contributed by atoms with Crippen LogP contribution in [0.15, 0.2) is 35.5 Å². The molecule has 1 fully saturated rings. The molecule has 33 heavy (non-hydrogen) atoms. The van der Waals surface area contributed by atoms with Crippen molar-refractivity contribution in [3.8, 4) is 5.75 Å². The minimum Gasteiger partial charge on any atom is -0.497 e. The molecule has 1 unspecified atom stereocenters. The lowest BCUT2D eigenvalue weighted by atomic mass is 9.94. The number of esters is 1. The second-order valence-electron chi connectivity index (χ2n) is 7.89. The van der Waals surface area contributed by atoms with Crippen LogP contribution in [0.5, 0.6) is 5.75 Å². The predicted octanol–water partition coefficient (Wildman–Crippen LogP) is 1.56. The normalized spacial score (nSPS) is 19.3. The summed E-state index contributed by atoms with van der Waals surface area (Å²) in [5, 5.41) is 5.74. The number of nitrogens with one attached hydrogen (secondary N) is 2. The van der Waals surface area contributed by atoms with E-state index in [1.54, 1.807) is 38.1 Å². The molecule has 0 saturated carbocycles. The molecule has 4 amide bonds. The van der Waals surface area contributed by atoms with Gasteiger partial charge < -0.3 is 25.0 Å².